The van der Waals surface area contributed by atoms with E-state index in [0.29, 0.717) is 18.0 Å². The summed E-state index contributed by atoms with van der Waals surface area (Å²) in [5.41, 5.74) is -0.754. The van der Waals surface area contributed by atoms with Crippen molar-refractivity contribution >= 4 is 23.5 Å². The van der Waals surface area contributed by atoms with Crippen molar-refractivity contribution in [1.82, 2.24) is 5.32 Å². The average molecular weight is 312 g/mol. The van der Waals surface area contributed by atoms with Gasteiger partial charge in [-0.1, -0.05) is 23.7 Å². The molecule has 0 radical (unpaired) electrons. The molecule has 0 aliphatic heterocycles. The van der Waals surface area contributed by atoms with Gasteiger partial charge in [-0.15, -0.1) is 0 Å². The summed E-state index contributed by atoms with van der Waals surface area (Å²) in [6.07, 6.45) is 0.375. The SMILES string of the molecule is CC(C)(CCNC(=O)C(C)(C)c1cccc(Cl)c1)C(=O)O. The van der Waals surface area contributed by atoms with Crippen molar-refractivity contribution in [1.29, 1.82) is 0 Å². The number of benzene rings is 1. The topological polar surface area (TPSA) is 66.4 Å². The first kappa shape index (κ1) is 17.5. The highest BCUT2D eigenvalue weighted by molar-refractivity contribution is 6.30. The van der Waals surface area contributed by atoms with Gasteiger partial charge < -0.3 is 10.4 Å². The van der Waals surface area contributed by atoms with Gasteiger partial charge in [0, 0.05) is 11.6 Å². The molecule has 116 valence electrons. The van der Waals surface area contributed by atoms with Crippen LogP contribution in [0.2, 0.25) is 5.02 Å². The third-order valence-electron chi connectivity index (χ3n) is 3.73. The number of hydrogen-bond donors (Lipinski definition) is 2. The third-order valence-corrected chi connectivity index (χ3v) is 3.96. The highest BCUT2D eigenvalue weighted by Gasteiger charge is 2.31. The largest absolute Gasteiger partial charge is 0.481 e. The van der Waals surface area contributed by atoms with E-state index < -0.39 is 16.8 Å². The average Bonchev–Trinajstić information content (AvgIpc) is 2.38. The number of rotatable bonds is 6. The van der Waals surface area contributed by atoms with Crippen LogP contribution in [0.15, 0.2) is 24.3 Å². The van der Waals surface area contributed by atoms with Gasteiger partial charge in [-0.25, -0.2) is 0 Å². The number of carboxylic acids is 1. The molecule has 0 saturated heterocycles. The monoisotopic (exact) mass is 311 g/mol. The van der Waals surface area contributed by atoms with E-state index in [4.69, 9.17) is 16.7 Å². The predicted molar refractivity (Wildman–Crippen MR) is 83.5 cm³/mol. The number of carbonyl (C=O) groups is 2. The normalized spacial score (nSPS) is 12.0. The van der Waals surface area contributed by atoms with Gasteiger partial charge in [-0.2, -0.15) is 0 Å². The Morgan fingerprint density at radius 2 is 1.86 bits per heavy atom. The maximum atomic E-state index is 12.3. The summed E-state index contributed by atoms with van der Waals surface area (Å²) in [4.78, 5) is 23.4. The van der Waals surface area contributed by atoms with Crippen molar-refractivity contribution in [2.75, 3.05) is 6.54 Å². The quantitative estimate of drug-likeness (QED) is 0.847. The Morgan fingerprint density at radius 1 is 1.24 bits per heavy atom. The lowest BCUT2D eigenvalue weighted by Crippen LogP contribution is -2.42. The van der Waals surface area contributed by atoms with Crippen LogP contribution in [-0.4, -0.2) is 23.5 Å². The minimum absolute atomic E-state index is 0.147. The first-order valence-corrected chi connectivity index (χ1v) is 7.23. The van der Waals surface area contributed by atoms with Gasteiger partial charge in [-0.05, 0) is 51.8 Å². The maximum Gasteiger partial charge on any atom is 0.309 e. The first-order valence-electron chi connectivity index (χ1n) is 6.85. The molecular weight excluding hydrogens is 290 g/mol. The van der Waals surface area contributed by atoms with E-state index in [2.05, 4.69) is 5.32 Å². The summed E-state index contributed by atoms with van der Waals surface area (Å²) in [5.74, 6) is -1.02. The van der Waals surface area contributed by atoms with E-state index in [-0.39, 0.29) is 5.91 Å². The Morgan fingerprint density at radius 3 is 2.38 bits per heavy atom. The molecule has 0 saturated carbocycles. The fourth-order valence-electron chi connectivity index (χ4n) is 1.82. The summed E-state index contributed by atoms with van der Waals surface area (Å²) in [5, 5.41) is 12.4. The summed E-state index contributed by atoms with van der Waals surface area (Å²) in [6, 6.07) is 7.18. The van der Waals surface area contributed by atoms with Crippen LogP contribution in [-0.2, 0) is 15.0 Å². The zero-order valence-corrected chi connectivity index (χ0v) is 13.6. The number of aliphatic carboxylic acids is 1. The Balaban J connectivity index is 2.69. The highest BCUT2D eigenvalue weighted by atomic mass is 35.5. The van der Waals surface area contributed by atoms with Crippen LogP contribution in [0.1, 0.15) is 39.7 Å². The smallest absolute Gasteiger partial charge is 0.309 e. The molecule has 1 amide bonds. The fourth-order valence-corrected chi connectivity index (χ4v) is 2.02. The first-order chi connectivity index (χ1) is 9.57. The molecule has 0 aliphatic rings. The van der Waals surface area contributed by atoms with E-state index >= 15 is 0 Å². The molecule has 0 unspecified atom stereocenters. The molecule has 0 heterocycles. The molecule has 0 atom stereocenters. The van der Waals surface area contributed by atoms with Gasteiger partial charge in [0.15, 0.2) is 0 Å². The molecule has 1 rings (SSSR count). The van der Waals surface area contributed by atoms with Crippen LogP contribution in [0, 0.1) is 5.41 Å². The van der Waals surface area contributed by atoms with E-state index in [0.717, 1.165) is 5.56 Å². The molecular formula is C16H22ClNO3. The molecule has 2 N–H and O–H groups in total. The van der Waals surface area contributed by atoms with E-state index in [1.165, 1.54) is 0 Å². The molecule has 1 aromatic rings. The van der Waals surface area contributed by atoms with Crippen molar-refractivity contribution < 1.29 is 14.7 Å². The van der Waals surface area contributed by atoms with Crippen LogP contribution < -0.4 is 5.32 Å². The Kier molecular flexibility index (Phi) is 5.40. The molecule has 0 spiro atoms. The van der Waals surface area contributed by atoms with E-state index in [1.54, 1.807) is 32.0 Å². The summed E-state index contributed by atoms with van der Waals surface area (Å²) < 4.78 is 0. The van der Waals surface area contributed by atoms with Gasteiger partial charge in [-0.3, -0.25) is 9.59 Å². The zero-order chi connectivity index (χ0) is 16.3. The van der Waals surface area contributed by atoms with Crippen LogP contribution in [0.25, 0.3) is 0 Å². The number of amides is 1. The molecule has 0 fully saturated rings. The standard InChI is InChI=1S/C16H22ClNO3/c1-15(2,14(20)21)8-9-18-13(19)16(3,4)11-6-5-7-12(17)10-11/h5-7,10H,8-9H2,1-4H3,(H,18,19)(H,20,21). The summed E-state index contributed by atoms with van der Waals surface area (Å²) >= 11 is 5.96. The Hall–Kier alpha value is -1.55. The molecule has 21 heavy (non-hydrogen) atoms. The highest BCUT2D eigenvalue weighted by Crippen LogP contribution is 2.26. The Labute approximate surface area is 130 Å². The predicted octanol–water partition coefficient (Wildman–Crippen LogP) is 3.23. The molecule has 1 aromatic carbocycles. The second-order valence-electron chi connectivity index (χ2n) is 6.33. The lowest BCUT2D eigenvalue weighted by Gasteiger charge is -2.26. The summed E-state index contributed by atoms with van der Waals surface area (Å²) in [7, 11) is 0. The number of nitrogens with one attached hydrogen (secondary N) is 1. The third kappa shape index (κ3) is 4.46. The van der Waals surface area contributed by atoms with Crippen LogP contribution >= 0.6 is 11.6 Å². The van der Waals surface area contributed by atoms with Crippen LogP contribution in [0.4, 0.5) is 0 Å². The zero-order valence-electron chi connectivity index (χ0n) is 12.9. The number of carboxylic acid groups (broad SMARTS) is 1. The minimum Gasteiger partial charge on any atom is -0.481 e. The van der Waals surface area contributed by atoms with Crippen LogP contribution in [0.3, 0.4) is 0 Å². The molecule has 0 aliphatic carbocycles. The van der Waals surface area contributed by atoms with E-state index in [9.17, 15) is 9.59 Å². The number of hydrogen-bond acceptors (Lipinski definition) is 2. The van der Waals surface area contributed by atoms with Gasteiger partial charge in [0.05, 0.1) is 10.8 Å². The van der Waals surface area contributed by atoms with Crippen molar-refractivity contribution in [2.45, 2.75) is 39.5 Å². The molecule has 0 aromatic heterocycles. The molecule has 4 nitrogen and oxygen atoms in total. The Bertz CT molecular complexity index is 538. The van der Waals surface area contributed by atoms with Crippen molar-refractivity contribution in [3.05, 3.63) is 34.9 Å². The molecule has 5 heteroatoms. The van der Waals surface area contributed by atoms with Gasteiger partial charge >= 0.3 is 5.97 Å². The van der Waals surface area contributed by atoms with Crippen molar-refractivity contribution in [3.8, 4) is 0 Å². The van der Waals surface area contributed by atoms with Crippen molar-refractivity contribution in [2.24, 2.45) is 5.41 Å². The van der Waals surface area contributed by atoms with Gasteiger partial charge in [0.2, 0.25) is 5.91 Å². The van der Waals surface area contributed by atoms with Gasteiger partial charge in [0.1, 0.15) is 0 Å². The summed E-state index contributed by atoms with van der Waals surface area (Å²) in [6.45, 7) is 7.24. The lowest BCUT2D eigenvalue weighted by molar-refractivity contribution is -0.147. The fraction of sp³-hybridized carbons (Fsp3) is 0.500. The van der Waals surface area contributed by atoms with Gasteiger partial charge in [0.25, 0.3) is 0 Å². The lowest BCUT2D eigenvalue weighted by atomic mass is 9.83. The van der Waals surface area contributed by atoms with Crippen molar-refractivity contribution in [3.63, 3.8) is 0 Å². The maximum absolute atomic E-state index is 12.3. The minimum atomic E-state index is -0.870. The van der Waals surface area contributed by atoms with Crippen LogP contribution in [0.5, 0.6) is 0 Å². The second-order valence-corrected chi connectivity index (χ2v) is 6.77. The second kappa shape index (κ2) is 6.48. The number of halogens is 1. The van der Waals surface area contributed by atoms with E-state index in [1.807, 2.05) is 19.9 Å². The molecule has 0 bridgehead atoms. The number of carbonyl (C=O) groups excluding carboxylic acids is 1.